The molecular formula is C126H81N3O3S3. The van der Waals surface area contributed by atoms with Crippen molar-refractivity contribution in [3.8, 4) is 66.8 Å². The monoisotopic (exact) mass is 1780 g/mol. The van der Waals surface area contributed by atoms with Crippen molar-refractivity contribution in [1.29, 1.82) is 0 Å². The summed E-state index contributed by atoms with van der Waals surface area (Å²) in [6.07, 6.45) is 0. The lowest BCUT2D eigenvalue weighted by atomic mass is 9.94. The number of furan rings is 3. The summed E-state index contributed by atoms with van der Waals surface area (Å²) in [5.74, 6) is 0. The van der Waals surface area contributed by atoms with Crippen LogP contribution in [0.2, 0.25) is 0 Å². The summed E-state index contributed by atoms with van der Waals surface area (Å²) < 4.78 is 27.5. The first-order valence-electron chi connectivity index (χ1n) is 45.6. The fourth-order valence-electron chi connectivity index (χ4n) is 19.8. The molecule has 21 aromatic carbocycles. The van der Waals surface area contributed by atoms with Crippen molar-refractivity contribution in [2.24, 2.45) is 0 Å². The maximum atomic E-state index is 6.73. The van der Waals surface area contributed by atoms with Gasteiger partial charge in [0.05, 0.1) is 53.0 Å². The fraction of sp³-hybridized carbons (Fsp3) is 0. The molecule has 6 aromatic heterocycles. The molecule has 0 amide bonds. The lowest BCUT2D eigenvalue weighted by molar-refractivity contribution is 0.673. The average molecular weight is 1780 g/mol. The number of benzene rings is 21. The quantitative estimate of drug-likeness (QED) is 0.102. The zero-order valence-electron chi connectivity index (χ0n) is 73.1. The maximum absolute atomic E-state index is 6.73. The Hall–Kier alpha value is -16.9. The third-order valence-electron chi connectivity index (χ3n) is 26.0. The van der Waals surface area contributed by atoms with Crippen LogP contribution in [0.25, 0.3) is 193 Å². The van der Waals surface area contributed by atoms with Crippen molar-refractivity contribution < 1.29 is 13.3 Å². The number of fused-ring (bicyclic) bond motifs is 21. The maximum Gasteiger partial charge on any atom is 0.155 e. The number of para-hydroxylation sites is 6. The second kappa shape index (κ2) is 34.4. The van der Waals surface area contributed by atoms with Gasteiger partial charge in [0.15, 0.2) is 16.7 Å². The predicted molar refractivity (Wildman–Crippen MR) is 576 cm³/mol. The van der Waals surface area contributed by atoms with Gasteiger partial charge in [-0.2, -0.15) is 0 Å². The smallest absolute Gasteiger partial charge is 0.155 e. The Morgan fingerprint density at radius 3 is 0.815 bits per heavy atom. The first-order valence-corrected chi connectivity index (χ1v) is 48.0. The van der Waals surface area contributed by atoms with Gasteiger partial charge < -0.3 is 28.0 Å². The van der Waals surface area contributed by atoms with Crippen molar-refractivity contribution in [2.75, 3.05) is 14.7 Å². The van der Waals surface area contributed by atoms with Crippen LogP contribution in [0.1, 0.15) is 0 Å². The van der Waals surface area contributed by atoms with Crippen LogP contribution in [0.15, 0.2) is 505 Å². The van der Waals surface area contributed by atoms with Crippen LogP contribution in [0.3, 0.4) is 0 Å². The van der Waals surface area contributed by atoms with E-state index in [1.54, 1.807) is 34.0 Å². The molecule has 0 saturated heterocycles. The molecule has 27 aromatic rings. The van der Waals surface area contributed by atoms with E-state index in [0.717, 1.165) is 123 Å². The largest absolute Gasteiger partial charge is 0.454 e. The Balaban J connectivity index is 0.000000108. The molecule has 0 N–H and O–H groups in total. The Kier molecular flexibility index (Phi) is 20.4. The first kappa shape index (κ1) is 80.2. The van der Waals surface area contributed by atoms with E-state index < -0.39 is 0 Å². The molecule has 0 bridgehead atoms. The van der Waals surface area contributed by atoms with E-state index in [1.165, 1.54) is 122 Å². The molecule has 9 heteroatoms. The minimum absolute atomic E-state index is 0.898. The minimum Gasteiger partial charge on any atom is -0.454 e. The summed E-state index contributed by atoms with van der Waals surface area (Å²) >= 11 is 5.42. The molecule has 27 rings (SSSR count). The van der Waals surface area contributed by atoms with E-state index >= 15 is 0 Å². The molecule has 0 atom stereocenters. The number of hydrogen-bond acceptors (Lipinski definition) is 9. The zero-order chi connectivity index (χ0) is 89.2. The Labute approximate surface area is 791 Å². The van der Waals surface area contributed by atoms with Gasteiger partial charge in [-0.25, -0.2) is 0 Å². The van der Waals surface area contributed by atoms with Crippen molar-refractivity contribution in [1.82, 2.24) is 0 Å². The van der Waals surface area contributed by atoms with Crippen LogP contribution in [0.5, 0.6) is 0 Å². The van der Waals surface area contributed by atoms with Gasteiger partial charge in [0.25, 0.3) is 0 Å². The van der Waals surface area contributed by atoms with E-state index in [1.807, 2.05) is 6.07 Å². The molecule has 0 fully saturated rings. The van der Waals surface area contributed by atoms with Crippen molar-refractivity contribution >= 4 is 212 Å². The van der Waals surface area contributed by atoms with Gasteiger partial charge in [-0.05, 0) is 195 Å². The van der Waals surface area contributed by atoms with Crippen molar-refractivity contribution in [3.05, 3.63) is 491 Å². The van der Waals surface area contributed by atoms with Gasteiger partial charge in [-0.1, -0.05) is 358 Å². The highest BCUT2D eigenvalue weighted by molar-refractivity contribution is 7.27. The summed E-state index contributed by atoms with van der Waals surface area (Å²) in [5, 5.41) is 14.1. The van der Waals surface area contributed by atoms with Gasteiger partial charge in [0.1, 0.15) is 16.7 Å². The number of thiophene rings is 3. The SMILES string of the molecule is c1ccc(-c2cc(-c3ccccc3)cc(N(c3ccccc3)c3cc4c5ccccc5sc4c4oc5ccccc5c34)c2)cc1.c1ccc(-c2ccc(N(c3ccccc3)c3cc4c5ccccc5sc4c4oc5ccccc5c34)c(-c3ccccc3)c2)cc1.c1ccc(-c2ccccc2-c2ccc(N(c3ccccc3)c3cc4c5ccccc5sc4c4oc5ccccc5c34)cc2)cc1. The third kappa shape index (κ3) is 14.5. The van der Waals surface area contributed by atoms with E-state index in [4.69, 9.17) is 13.3 Å². The molecule has 0 aliphatic rings. The van der Waals surface area contributed by atoms with Crippen LogP contribution in [-0.2, 0) is 0 Å². The van der Waals surface area contributed by atoms with Crippen LogP contribution in [-0.4, -0.2) is 0 Å². The van der Waals surface area contributed by atoms with Gasteiger partial charge in [0, 0.05) is 96.6 Å². The van der Waals surface area contributed by atoms with E-state index in [9.17, 15) is 0 Å². The summed E-state index contributed by atoms with van der Waals surface area (Å²) in [4.78, 5) is 7.21. The van der Waals surface area contributed by atoms with Crippen molar-refractivity contribution in [2.45, 2.75) is 0 Å². The summed E-state index contributed by atoms with van der Waals surface area (Å²) in [7, 11) is 0. The molecule has 0 unspecified atom stereocenters. The zero-order valence-corrected chi connectivity index (χ0v) is 75.5. The van der Waals surface area contributed by atoms with E-state index in [2.05, 4.69) is 500 Å². The second-order valence-electron chi connectivity index (χ2n) is 34.0. The van der Waals surface area contributed by atoms with E-state index in [-0.39, 0.29) is 0 Å². The molecule has 0 aliphatic carbocycles. The standard InChI is InChI=1S/3C42H27NOS/c1-4-14-28(15-5-1)30-24-31(29-16-6-2-7-17-29)26-33(25-30)43(32-18-8-3-9-19-32)37-27-36-34-20-11-13-23-39(34)45-42(36)41-40(37)35-21-10-12-22-38(35)44-41;1-4-14-28(15-5-1)30-24-25-36(34(26-30)29-16-6-2-7-17-29)43(31-18-8-3-9-19-31)37-27-35-32-20-11-13-23-39(32)45-42(35)41-40(37)33-21-10-12-22-38(33)44-41;1-3-13-28(14-4-1)32-17-7-8-18-33(32)29-23-25-31(26-24-29)43(30-15-5-2-6-16-30)37-27-36-34-19-10-12-22-39(34)45-42(36)41-40(37)35-20-9-11-21-38(35)44-41/h3*1-27H. The second-order valence-corrected chi connectivity index (χ2v) is 37.1. The fourth-order valence-corrected chi connectivity index (χ4v) is 23.3. The summed E-state index contributed by atoms with van der Waals surface area (Å²) in [5.41, 5.74) is 29.7. The Morgan fingerprint density at radius 1 is 0.156 bits per heavy atom. The molecule has 6 heterocycles. The summed E-state index contributed by atoms with van der Waals surface area (Å²) in [6.45, 7) is 0. The predicted octanol–water partition coefficient (Wildman–Crippen LogP) is 38.3. The van der Waals surface area contributed by atoms with E-state index in [0.29, 0.717) is 0 Å². The highest BCUT2D eigenvalue weighted by atomic mass is 32.1. The van der Waals surface area contributed by atoms with Crippen LogP contribution >= 0.6 is 34.0 Å². The molecule has 6 nitrogen and oxygen atoms in total. The highest BCUT2D eigenvalue weighted by Gasteiger charge is 2.30. The van der Waals surface area contributed by atoms with Crippen LogP contribution in [0, 0.1) is 0 Å². The molecular weight excluding hydrogens is 1700 g/mol. The normalized spacial score (nSPS) is 11.6. The highest BCUT2D eigenvalue weighted by Crippen LogP contribution is 2.56. The molecule has 0 saturated carbocycles. The number of nitrogens with zero attached hydrogens (tertiary/aromatic N) is 3. The third-order valence-corrected chi connectivity index (χ3v) is 29.5. The Morgan fingerprint density at radius 2 is 0.430 bits per heavy atom. The molecule has 636 valence electrons. The molecule has 0 aliphatic heterocycles. The lowest BCUT2D eigenvalue weighted by Gasteiger charge is -2.29. The van der Waals surface area contributed by atoms with Gasteiger partial charge in [-0.3, -0.25) is 0 Å². The molecule has 0 spiro atoms. The Bertz CT molecular complexity index is 9050. The van der Waals surface area contributed by atoms with Crippen LogP contribution in [0.4, 0.5) is 51.2 Å². The minimum atomic E-state index is 0.898. The molecule has 0 radical (unpaired) electrons. The average Bonchev–Trinajstić information content (AvgIpc) is 1.57. The van der Waals surface area contributed by atoms with Gasteiger partial charge in [0.2, 0.25) is 0 Å². The lowest BCUT2D eigenvalue weighted by Crippen LogP contribution is -2.11. The number of hydrogen-bond donors (Lipinski definition) is 0. The van der Waals surface area contributed by atoms with Crippen molar-refractivity contribution in [3.63, 3.8) is 0 Å². The topological polar surface area (TPSA) is 49.1 Å². The molecule has 135 heavy (non-hydrogen) atoms. The number of anilines is 9. The summed E-state index contributed by atoms with van der Waals surface area (Å²) in [6, 6.07) is 175. The first-order chi connectivity index (χ1) is 67.0. The number of rotatable bonds is 15. The van der Waals surface area contributed by atoms with Gasteiger partial charge >= 0.3 is 0 Å². The van der Waals surface area contributed by atoms with Gasteiger partial charge in [-0.15, -0.1) is 34.0 Å². The van der Waals surface area contributed by atoms with Crippen LogP contribution < -0.4 is 14.7 Å².